The molecule has 0 radical (unpaired) electrons. The number of esters is 1. The van der Waals surface area contributed by atoms with Crippen LogP contribution in [0.25, 0.3) is 0 Å². The number of carbonyl (C=O) groups excluding carboxylic acids is 2. The molecular formula is C62H119NO5. The maximum absolute atomic E-state index is 12.5. The molecular weight excluding hydrogens is 839 g/mol. The number of hydrogen-bond acceptors (Lipinski definition) is 5. The van der Waals surface area contributed by atoms with Crippen LogP contribution in [0.1, 0.15) is 335 Å². The first-order valence-corrected chi connectivity index (χ1v) is 30.6. The van der Waals surface area contributed by atoms with Crippen LogP contribution in [-0.2, 0) is 14.3 Å². The Morgan fingerprint density at radius 3 is 1.15 bits per heavy atom. The van der Waals surface area contributed by atoms with Gasteiger partial charge in [-0.15, -0.1) is 0 Å². The van der Waals surface area contributed by atoms with Crippen molar-refractivity contribution < 1.29 is 24.5 Å². The highest BCUT2D eigenvalue weighted by atomic mass is 16.5. The Labute approximate surface area is 424 Å². The molecule has 0 aliphatic heterocycles. The highest BCUT2D eigenvalue weighted by Gasteiger charge is 2.20. The van der Waals surface area contributed by atoms with Gasteiger partial charge in [0.1, 0.15) is 0 Å². The Hall–Kier alpha value is -1.66. The smallest absolute Gasteiger partial charge is 0.305 e. The number of unbranched alkanes of at least 4 members (excludes halogenated alkanes) is 42. The van der Waals surface area contributed by atoms with E-state index < -0.39 is 12.1 Å². The highest BCUT2D eigenvalue weighted by molar-refractivity contribution is 5.76. The van der Waals surface area contributed by atoms with Crippen molar-refractivity contribution >= 4 is 11.9 Å². The average molecular weight is 959 g/mol. The number of nitrogens with one attached hydrogen (secondary N) is 1. The Morgan fingerprint density at radius 2 is 0.735 bits per heavy atom. The van der Waals surface area contributed by atoms with E-state index in [0.29, 0.717) is 25.9 Å². The summed E-state index contributed by atoms with van der Waals surface area (Å²) in [5.74, 6) is -0.0481. The van der Waals surface area contributed by atoms with Gasteiger partial charge in [0.15, 0.2) is 0 Å². The van der Waals surface area contributed by atoms with E-state index in [9.17, 15) is 19.8 Å². The van der Waals surface area contributed by atoms with Gasteiger partial charge in [-0.3, -0.25) is 9.59 Å². The molecule has 0 aliphatic rings. The van der Waals surface area contributed by atoms with Gasteiger partial charge in [0.25, 0.3) is 0 Å². The van der Waals surface area contributed by atoms with Gasteiger partial charge in [-0.2, -0.15) is 0 Å². The molecule has 0 rings (SSSR count). The van der Waals surface area contributed by atoms with Gasteiger partial charge in [0.05, 0.1) is 25.4 Å². The minimum Gasteiger partial charge on any atom is -0.466 e. The molecule has 68 heavy (non-hydrogen) atoms. The number of amides is 1. The van der Waals surface area contributed by atoms with E-state index >= 15 is 0 Å². The Morgan fingerprint density at radius 1 is 0.412 bits per heavy atom. The molecule has 0 bridgehead atoms. The fourth-order valence-electron chi connectivity index (χ4n) is 9.55. The van der Waals surface area contributed by atoms with Crippen molar-refractivity contribution in [3.05, 3.63) is 24.3 Å². The average Bonchev–Trinajstić information content (AvgIpc) is 3.34. The first-order chi connectivity index (χ1) is 33.5. The maximum atomic E-state index is 12.5. The lowest BCUT2D eigenvalue weighted by Crippen LogP contribution is -2.45. The molecule has 0 spiro atoms. The summed E-state index contributed by atoms with van der Waals surface area (Å²) in [6.45, 7) is 4.93. The second-order valence-corrected chi connectivity index (χ2v) is 21.0. The third kappa shape index (κ3) is 53.7. The molecule has 0 aromatic heterocycles. The van der Waals surface area contributed by atoms with Crippen LogP contribution < -0.4 is 5.32 Å². The number of rotatable bonds is 57. The number of aliphatic hydroxyl groups is 2. The number of allylic oxidation sites excluding steroid dienone is 4. The van der Waals surface area contributed by atoms with E-state index in [0.717, 1.165) is 57.8 Å². The second kappa shape index (κ2) is 57.9. The van der Waals surface area contributed by atoms with Gasteiger partial charge in [-0.25, -0.2) is 0 Å². The summed E-state index contributed by atoms with van der Waals surface area (Å²) in [7, 11) is 0. The van der Waals surface area contributed by atoms with Gasteiger partial charge in [-0.05, 0) is 57.8 Å². The first kappa shape index (κ1) is 66.3. The zero-order chi connectivity index (χ0) is 49.3. The Balaban J connectivity index is 3.42. The summed E-state index contributed by atoms with van der Waals surface area (Å²) in [5, 5.41) is 23.3. The van der Waals surface area contributed by atoms with Crippen LogP contribution >= 0.6 is 0 Å². The van der Waals surface area contributed by atoms with Crippen molar-refractivity contribution in [2.75, 3.05) is 13.2 Å². The predicted molar refractivity (Wildman–Crippen MR) is 296 cm³/mol. The van der Waals surface area contributed by atoms with Crippen molar-refractivity contribution in [3.63, 3.8) is 0 Å². The van der Waals surface area contributed by atoms with Crippen molar-refractivity contribution in [1.29, 1.82) is 0 Å². The number of carbonyl (C=O) groups is 2. The molecule has 0 heterocycles. The van der Waals surface area contributed by atoms with Gasteiger partial charge < -0.3 is 20.3 Å². The fraction of sp³-hybridized carbons (Fsp3) is 0.903. The monoisotopic (exact) mass is 958 g/mol. The number of aliphatic hydroxyl groups excluding tert-OH is 2. The van der Waals surface area contributed by atoms with E-state index in [1.165, 1.54) is 244 Å². The summed E-state index contributed by atoms with van der Waals surface area (Å²) in [4.78, 5) is 24.6. The van der Waals surface area contributed by atoms with Crippen molar-refractivity contribution in [2.24, 2.45) is 0 Å². The minimum absolute atomic E-state index is 0.00514. The van der Waals surface area contributed by atoms with Gasteiger partial charge in [0.2, 0.25) is 5.91 Å². The third-order valence-corrected chi connectivity index (χ3v) is 14.3. The third-order valence-electron chi connectivity index (χ3n) is 14.3. The summed E-state index contributed by atoms with van der Waals surface area (Å²) >= 11 is 0. The summed E-state index contributed by atoms with van der Waals surface area (Å²) in [6.07, 6.45) is 70.3. The normalized spacial score (nSPS) is 12.7. The van der Waals surface area contributed by atoms with Gasteiger partial charge in [0, 0.05) is 12.8 Å². The van der Waals surface area contributed by atoms with E-state index in [1.807, 2.05) is 0 Å². The zero-order valence-corrected chi connectivity index (χ0v) is 45.9. The second-order valence-electron chi connectivity index (χ2n) is 21.0. The van der Waals surface area contributed by atoms with Crippen molar-refractivity contribution in [1.82, 2.24) is 5.32 Å². The quantitative estimate of drug-likeness (QED) is 0.0321. The number of hydrogen-bond donors (Lipinski definition) is 3. The molecule has 402 valence electrons. The van der Waals surface area contributed by atoms with Crippen LogP contribution in [0.5, 0.6) is 0 Å². The van der Waals surface area contributed by atoms with E-state index in [4.69, 9.17) is 4.74 Å². The van der Waals surface area contributed by atoms with Crippen molar-refractivity contribution in [2.45, 2.75) is 347 Å². The van der Waals surface area contributed by atoms with Crippen LogP contribution in [0.4, 0.5) is 0 Å². The Kier molecular flexibility index (Phi) is 56.5. The fourth-order valence-corrected chi connectivity index (χ4v) is 9.55. The highest BCUT2D eigenvalue weighted by Crippen LogP contribution is 2.18. The molecule has 0 aromatic rings. The van der Waals surface area contributed by atoms with Gasteiger partial charge >= 0.3 is 5.97 Å². The number of ether oxygens (including phenoxy) is 1. The standard InChI is InChI=1S/C62H119NO5/c1-3-5-7-9-11-13-15-17-19-21-23-25-27-32-36-40-44-48-52-56-62(67)68-57-53-49-45-41-37-33-29-28-31-35-39-43-47-51-55-61(66)63-59(58-64)60(65)54-50-46-42-38-34-30-26-24-22-20-18-16-14-12-10-8-6-4-2/h11,13,17,19,59-60,64-65H,3-10,12,14-16,18,20-58H2,1-2H3,(H,63,66)/b13-11-,19-17-. The summed E-state index contributed by atoms with van der Waals surface area (Å²) in [6, 6.07) is -0.550. The molecule has 0 fully saturated rings. The predicted octanol–water partition coefficient (Wildman–Crippen LogP) is 19.0. The van der Waals surface area contributed by atoms with Crippen LogP contribution in [0.15, 0.2) is 24.3 Å². The molecule has 6 heteroatoms. The van der Waals surface area contributed by atoms with Crippen molar-refractivity contribution in [3.8, 4) is 0 Å². The molecule has 0 saturated heterocycles. The lowest BCUT2D eigenvalue weighted by molar-refractivity contribution is -0.143. The molecule has 2 unspecified atom stereocenters. The zero-order valence-electron chi connectivity index (χ0n) is 45.9. The molecule has 6 nitrogen and oxygen atoms in total. The molecule has 0 aromatic carbocycles. The van der Waals surface area contributed by atoms with Crippen LogP contribution in [0.2, 0.25) is 0 Å². The SMILES string of the molecule is CCCCC/C=C\C/C=C\CCCCCCCCCCCC(=O)OCCCCCCCCCCCCCCCCC(=O)NC(CO)C(O)CCCCCCCCCCCCCCCCCCCC. The van der Waals surface area contributed by atoms with E-state index in [-0.39, 0.29) is 18.5 Å². The lowest BCUT2D eigenvalue weighted by Gasteiger charge is -2.22. The van der Waals surface area contributed by atoms with Gasteiger partial charge in [-0.1, -0.05) is 289 Å². The first-order valence-electron chi connectivity index (χ1n) is 30.6. The molecule has 0 aliphatic carbocycles. The summed E-state index contributed by atoms with van der Waals surface area (Å²) < 4.78 is 5.49. The largest absolute Gasteiger partial charge is 0.466 e. The summed E-state index contributed by atoms with van der Waals surface area (Å²) in [5.41, 5.74) is 0. The van der Waals surface area contributed by atoms with Crippen LogP contribution in [-0.4, -0.2) is 47.4 Å². The van der Waals surface area contributed by atoms with Crippen LogP contribution in [0.3, 0.4) is 0 Å². The topological polar surface area (TPSA) is 95.9 Å². The van der Waals surface area contributed by atoms with E-state index in [2.05, 4.69) is 43.5 Å². The lowest BCUT2D eigenvalue weighted by atomic mass is 10.0. The van der Waals surface area contributed by atoms with Crippen LogP contribution in [0, 0.1) is 0 Å². The molecule has 3 N–H and O–H groups in total. The van der Waals surface area contributed by atoms with E-state index in [1.54, 1.807) is 0 Å². The molecule has 2 atom stereocenters. The molecule has 0 saturated carbocycles. The maximum Gasteiger partial charge on any atom is 0.305 e. The minimum atomic E-state index is -0.672. The Bertz CT molecular complexity index is 1060. The molecule has 1 amide bonds.